The van der Waals surface area contributed by atoms with Crippen molar-refractivity contribution in [2.45, 2.75) is 9.79 Å². The second-order valence-electron chi connectivity index (χ2n) is 7.69. The van der Waals surface area contributed by atoms with E-state index in [-0.39, 0.29) is 11.8 Å². The predicted molar refractivity (Wildman–Crippen MR) is 133 cm³/mol. The maximum absolute atomic E-state index is 14.7. The number of pyridine rings is 2. The van der Waals surface area contributed by atoms with Gasteiger partial charge in [-0.1, -0.05) is 17.8 Å². The van der Waals surface area contributed by atoms with E-state index in [2.05, 4.69) is 35.1 Å². The number of piperazine rings is 1. The molecule has 1 saturated heterocycles. The molecular formula is C24H23FN8S. The van der Waals surface area contributed by atoms with Gasteiger partial charge in [0.15, 0.2) is 0 Å². The van der Waals surface area contributed by atoms with E-state index >= 15 is 0 Å². The normalized spacial score (nSPS) is 13.7. The third-order valence-electron chi connectivity index (χ3n) is 5.39. The molecular weight excluding hydrogens is 451 g/mol. The standard InChI is InChI=1S/C24H23FN8S/c25-19-15-17(4-5-20(19)34-18-6-9-27-10-7-18)29-21-16-23(31-24(26)30-21)33-13-11-32(12-14-33)22-3-1-2-8-28-22/h1-10,15-16H,11-14H2,(H3,26,29,30,31). The van der Waals surface area contributed by atoms with Gasteiger partial charge in [0.25, 0.3) is 0 Å². The van der Waals surface area contributed by atoms with E-state index in [4.69, 9.17) is 5.73 Å². The summed E-state index contributed by atoms with van der Waals surface area (Å²) in [6, 6.07) is 16.5. The minimum Gasteiger partial charge on any atom is -0.368 e. The summed E-state index contributed by atoms with van der Waals surface area (Å²) in [6.45, 7) is 3.21. The molecule has 0 saturated carbocycles. The Bertz CT molecular complexity index is 1250. The molecule has 1 aromatic carbocycles. The van der Waals surface area contributed by atoms with E-state index in [0.717, 1.165) is 42.7 Å². The fourth-order valence-corrected chi connectivity index (χ4v) is 4.53. The van der Waals surface area contributed by atoms with E-state index < -0.39 is 0 Å². The Kier molecular flexibility index (Phi) is 6.39. The average Bonchev–Trinajstić information content (AvgIpc) is 2.87. The number of nitrogens with zero attached hydrogens (tertiary/aromatic N) is 6. The molecule has 34 heavy (non-hydrogen) atoms. The second kappa shape index (κ2) is 9.92. The Morgan fingerprint density at radius 1 is 0.853 bits per heavy atom. The van der Waals surface area contributed by atoms with E-state index in [0.29, 0.717) is 16.4 Å². The Hall–Kier alpha value is -3.92. The molecule has 0 aliphatic carbocycles. The number of halogens is 1. The zero-order chi connectivity index (χ0) is 23.3. The Balaban J connectivity index is 1.26. The lowest BCUT2D eigenvalue weighted by Crippen LogP contribution is -2.47. The van der Waals surface area contributed by atoms with Crippen molar-refractivity contribution in [1.29, 1.82) is 0 Å². The lowest BCUT2D eigenvalue weighted by molar-refractivity contribution is 0.602. The van der Waals surface area contributed by atoms with Gasteiger partial charge in [0, 0.05) is 66.3 Å². The van der Waals surface area contributed by atoms with Crippen molar-refractivity contribution in [3.63, 3.8) is 0 Å². The first-order valence-electron chi connectivity index (χ1n) is 10.8. The highest BCUT2D eigenvalue weighted by Crippen LogP contribution is 2.31. The number of nitrogens with two attached hydrogens (primary N) is 1. The summed E-state index contributed by atoms with van der Waals surface area (Å²) < 4.78 is 14.7. The second-order valence-corrected chi connectivity index (χ2v) is 8.80. The summed E-state index contributed by atoms with van der Waals surface area (Å²) in [6.07, 6.45) is 5.18. The number of hydrogen-bond acceptors (Lipinski definition) is 9. The zero-order valence-corrected chi connectivity index (χ0v) is 19.1. The van der Waals surface area contributed by atoms with Gasteiger partial charge in [-0.3, -0.25) is 4.98 Å². The number of aromatic nitrogens is 4. The summed E-state index contributed by atoms with van der Waals surface area (Å²) in [7, 11) is 0. The molecule has 0 unspecified atom stereocenters. The van der Waals surface area contributed by atoms with Crippen LogP contribution in [0.5, 0.6) is 0 Å². The van der Waals surface area contributed by atoms with Gasteiger partial charge in [0.1, 0.15) is 23.3 Å². The number of rotatable bonds is 6. The van der Waals surface area contributed by atoms with Gasteiger partial charge < -0.3 is 20.9 Å². The monoisotopic (exact) mass is 474 g/mol. The average molecular weight is 475 g/mol. The van der Waals surface area contributed by atoms with Gasteiger partial charge in [-0.15, -0.1) is 0 Å². The van der Waals surface area contributed by atoms with E-state index in [9.17, 15) is 4.39 Å². The Labute approximate surface area is 201 Å². The molecule has 1 fully saturated rings. The summed E-state index contributed by atoms with van der Waals surface area (Å²) in [5.74, 6) is 2.07. The SMILES string of the molecule is Nc1nc(Nc2ccc(Sc3ccncc3)c(F)c2)cc(N2CCN(c3ccccn3)CC2)n1. The van der Waals surface area contributed by atoms with Gasteiger partial charge in [0.05, 0.1) is 0 Å². The van der Waals surface area contributed by atoms with Crippen molar-refractivity contribution in [2.24, 2.45) is 0 Å². The summed E-state index contributed by atoms with van der Waals surface area (Å²) in [5.41, 5.74) is 6.57. The van der Waals surface area contributed by atoms with E-state index in [1.54, 1.807) is 24.7 Å². The van der Waals surface area contributed by atoms with Crippen LogP contribution in [0.25, 0.3) is 0 Å². The van der Waals surface area contributed by atoms with Crippen LogP contribution in [-0.4, -0.2) is 46.1 Å². The molecule has 1 aliphatic heterocycles. The van der Waals surface area contributed by atoms with Crippen LogP contribution in [-0.2, 0) is 0 Å². The molecule has 0 spiro atoms. The summed E-state index contributed by atoms with van der Waals surface area (Å²) in [4.78, 5) is 23.0. The number of benzene rings is 1. The first-order valence-corrected chi connectivity index (χ1v) is 11.7. The van der Waals surface area contributed by atoms with Crippen LogP contribution in [0.2, 0.25) is 0 Å². The van der Waals surface area contributed by atoms with Crippen molar-refractivity contribution >= 4 is 40.9 Å². The molecule has 1 aliphatic rings. The fourth-order valence-electron chi connectivity index (χ4n) is 3.73. The lowest BCUT2D eigenvalue weighted by Gasteiger charge is -2.36. The summed E-state index contributed by atoms with van der Waals surface area (Å²) >= 11 is 1.35. The summed E-state index contributed by atoms with van der Waals surface area (Å²) in [5, 5.41) is 3.15. The van der Waals surface area contributed by atoms with Gasteiger partial charge in [-0.25, -0.2) is 9.37 Å². The van der Waals surface area contributed by atoms with Gasteiger partial charge in [0.2, 0.25) is 5.95 Å². The van der Waals surface area contributed by atoms with Gasteiger partial charge >= 0.3 is 0 Å². The van der Waals surface area contributed by atoms with Crippen LogP contribution >= 0.6 is 11.8 Å². The van der Waals surface area contributed by atoms with Crippen LogP contribution in [0.15, 0.2) is 83.0 Å². The molecule has 5 rings (SSSR count). The lowest BCUT2D eigenvalue weighted by atomic mass is 10.3. The first-order chi connectivity index (χ1) is 16.6. The molecule has 0 atom stereocenters. The van der Waals surface area contributed by atoms with E-state index in [1.807, 2.05) is 42.5 Å². The predicted octanol–water partition coefficient (Wildman–Crippen LogP) is 4.21. The van der Waals surface area contributed by atoms with Crippen molar-refractivity contribution in [3.05, 3.63) is 79.0 Å². The molecule has 3 aromatic heterocycles. The molecule has 8 nitrogen and oxygen atoms in total. The van der Waals surface area contributed by atoms with Gasteiger partial charge in [-0.05, 0) is 42.5 Å². The number of nitrogens with one attached hydrogen (secondary N) is 1. The molecule has 0 amide bonds. The molecule has 0 radical (unpaired) electrons. The first kappa shape index (κ1) is 21.9. The number of hydrogen-bond donors (Lipinski definition) is 2. The molecule has 0 bridgehead atoms. The van der Waals surface area contributed by atoms with Crippen LogP contribution in [0, 0.1) is 5.82 Å². The van der Waals surface area contributed by atoms with Crippen LogP contribution in [0.1, 0.15) is 0 Å². The van der Waals surface area contributed by atoms with Crippen molar-refractivity contribution in [2.75, 3.05) is 47.0 Å². The maximum Gasteiger partial charge on any atom is 0.223 e. The smallest absolute Gasteiger partial charge is 0.223 e. The zero-order valence-electron chi connectivity index (χ0n) is 18.3. The van der Waals surface area contributed by atoms with Crippen LogP contribution in [0.3, 0.4) is 0 Å². The minimum atomic E-state index is -0.320. The molecule has 4 aromatic rings. The minimum absolute atomic E-state index is 0.164. The number of anilines is 5. The van der Waals surface area contributed by atoms with Crippen molar-refractivity contribution in [3.8, 4) is 0 Å². The topological polar surface area (TPSA) is 96.1 Å². The highest BCUT2D eigenvalue weighted by Gasteiger charge is 2.20. The highest BCUT2D eigenvalue weighted by atomic mass is 32.2. The third kappa shape index (κ3) is 5.18. The third-order valence-corrected chi connectivity index (χ3v) is 6.45. The Morgan fingerprint density at radius 2 is 1.62 bits per heavy atom. The van der Waals surface area contributed by atoms with Crippen molar-refractivity contribution in [1.82, 2.24) is 19.9 Å². The Morgan fingerprint density at radius 3 is 2.32 bits per heavy atom. The van der Waals surface area contributed by atoms with Crippen LogP contribution in [0.4, 0.5) is 33.5 Å². The quantitative estimate of drug-likeness (QED) is 0.426. The molecule has 4 heterocycles. The highest BCUT2D eigenvalue weighted by molar-refractivity contribution is 7.99. The number of nitrogen functional groups attached to an aromatic ring is 1. The maximum atomic E-state index is 14.7. The van der Waals surface area contributed by atoms with Gasteiger partial charge in [-0.2, -0.15) is 9.97 Å². The van der Waals surface area contributed by atoms with Crippen molar-refractivity contribution < 1.29 is 4.39 Å². The fraction of sp³-hybridized carbons (Fsp3) is 0.167. The van der Waals surface area contributed by atoms with E-state index in [1.165, 1.54) is 17.8 Å². The van der Waals surface area contributed by atoms with Crippen LogP contribution < -0.4 is 20.9 Å². The molecule has 10 heteroatoms. The molecule has 3 N–H and O–H groups in total. The largest absolute Gasteiger partial charge is 0.368 e. The molecule has 172 valence electrons.